The van der Waals surface area contributed by atoms with E-state index < -0.39 is 29.8 Å². The van der Waals surface area contributed by atoms with Crippen LogP contribution in [0.25, 0.3) is 0 Å². The molecule has 3 N–H and O–H groups in total. The van der Waals surface area contributed by atoms with Gasteiger partial charge in [-0.25, -0.2) is 8.78 Å². The van der Waals surface area contributed by atoms with E-state index in [0.717, 1.165) is 12.1 Å². The van der Waals surface area contributed by atoms with Crippen molar-refractivity contribution < 1.29 is 13.9 Å². The Morgan fingerprint density at radius 3 is 2.29 bits per heavy atom. The SMILES string of the molecule is N#Cc1c(F)cc([C@@H](N)CO)cc1F. The highest BCUT2D eigenvalue weighted by atomic mass is 19.1. The van der Waals surface area contributed by atoms with Crippen LogP contribution >= 0.6 is 0 Å². The Kier molecular flexibility index (Phi) is 3.12. The molecule has 0 radical (unpaired) electrons. The van der Waals surface area contributed by atoms with E-state index in [4.69, 9.17) is 16.1 Å². The summed E-state index contributed by atoms with van der Waals surface area (Å²) in [4.78, 5) is 0. The Hall–Kier alpha value is -1.51. The first-order valence-electron chi connectivity index (χ1n) is 3.85. The molecule has 0 saturated heterocycles. The molecule has 0 aliphatic heterocycles. The highest BCUT2D eigenvalue weighted by Gasteiger charge is 2.13. The van der Waals surface area contributed by atoms with E-state index in [0.29, 0.717) is 0 Å². The van der Waals surface area contributed by atoms with Crippen molar-refractivity contribution in [1.29, 1.82) is 5.26 Å². The van der Waals surface area contributed by atoms with Crippen molar-refractivity contribution in [2.24, 2.45) is 5.73 Å². The number of nitrogens with two attached hydrogens (primary N) is 1. The lowest BCUT2D eigenvalue weighted by atomic mass is 10.1. The lowest BCUT2D eigenvalue weighted by Crippen LogP contribution is -2.15. The first-order valence-corrected chi connectivity index (χ1v) is 3.85. The van der Waals surface area contributed by atoms with Gasteiger partial charge in [0, 0.05) is 0 Å². The smallest absolute Gasteiger partial charge is 0.144 e. The quantitative estimate of drug-likeness (QED) is 0.739. The molecular formula is C9H8F2N2O. The highest BCUT2D eigenvalue weighted by molar-refractivity contribution is 5.36. The number of hydrogen-bond acceptors (Lipinski definition) is 3. The molecule has 0 bridgehead atoms. The minimum atomic E-state index is -0.966. The normalized spacial score (nSPS) is 12.2. The molecule has 0 saturated carbocycles. The summed E-state index contributed by atoms with van der Waals surface area (Å²) >= 11 is 0. The van der Waals surface area contributed by atoms with E-state index in [1.807, 2.05) is 0 Å². The number of nitriles is 1. The number of halogens is 2. The first-order chi connectivity index (χ1) is 6.60. The minimum absolute atomic E-state index is 0.126. The first kappa shape index (κ1) is 10.6. The fourth-order valence-corrected chi connectivity index (χ4v) is 1.02. The molecule has 0 unspecified atom stereocenters. The van der Waals surface area contributed by atoms with Gasteiger partial charge in [0.1, 0.15) is 23.3 Å². The van der Waals surface area contributed by atoms with E-state index >= 15 is 0 Å². The zero-order valence-corrected chi connectivity index (χ0v) is 7.17. The Bertz CT molecular complexity index is 364. The zero-order valence-electron chi connectivity index (χ0n) is 7.17. The molecule has 0 aromatic heterocycles. The largest absolute Gasteiger partial charge is 0.394 e. The molecule has 1 aromatic rings. The lowest BCUT2D eigenvalue weighted by Gasteiger charge is -2.09. The molecule has 0 heterocycles. The van der Waals surface area contributed by atoms with Gasteiger partial charge in [-0.1, -0.05) is 0 Å². The van der Waals surface area contributed by atoms with Crippen LogP contribution in [0, 0.1) is 23.0 Å². The number of nitrogens with zero attached hydrogens (tertiary/aromatic N) is 1. The Balaban J connectivity index is 3.22. The maximum Gasteiger partial charge on any atom is 0.144 e. The van der Waals surface area contributed by atoms with Gasteiger partial charge in [-0.3, -0.25) is 0 Å². The van der Waals surface area contributed by atoms with Crippen molar-refractivity contribution in [1.82, 2.24) is 0 Å². The predicted molar refractivity (Wildman–Crippen MR) is 45.1 cm³/mol. The fourth-order valence-electron chi connectivity index (χ4n) is 1.02. The van der Waals surface area contributed by atoms with E-state index in [-0.39, 0.29) is 5.56 Å². The molecule has 1 rings (SSSR count). The highest BCUT2D eigenvalue weighted by Crippen LogP contribution is 2.18. The van der Waals surface area contributed by atoms with Crippen LogP contribution in [0.15, 0.2) is 12.1 Å². The lowest BCUT2D eigenvalue weighted by molar-refractivity contribution is 0.267. The van der Waals surface area contributed by atoms with Crippen LogP contribution in [0.4, 0.5) is 8.78 Å². The van der Waals surface area contributed by atoms with E-state index in [9.17, 15) is 8.78 Å². The third kappa shape index (κ3) is 1.87. The summed E-state index contributed by atoms with van der Waals surface area (Å²) in [6, 6.07) is 2.45. The van der Waals surface area contributed by atoms with Crippen LogP contribution in [-0.4, -0.2) is 11.7 Å². The summed E-state index contributed by atoms with van der Waals surface area (Å²) in [5.74, 6) is -1.93. The van der Waals surface area contributed by atoms with Crippen LogP contribution in [0.3, 0.4) is 0 Å². The minimum Gasteiger partial charge on any atom is -0.394 e. The second-order valence-corrected chi connectivity index (χ2v) is 2.76. The van der Waals surface area contributed by atoms with E-state index in [1.54, 1.807) is 0 Å². The average Bonchev–Trinajstić information content (AvgIpc) is 2.16. The van der Waals surface area contributed by atoms with Gasteiger partial charge < -0.3 is 10.8 Å². The maximum atomic E-state index is 13.0. The molecule has 5 heteroatoms. The van der Waals surface area contributed by atoms with Crippen molar-refractivity contribution in [3.05, 3.63) is 34.9 Å². The molecule has 3 nitrogen and oxygen atoms in total. The Labute approximate surface area is 79.4 Å². The van der Waals surface area contributed by atoms with Gasteiger partial charge in [0.15, 0.2) is 0 Å². The number of benzene rings is 1. The van der Waals surface area contributed by atoms with Crippen molar-refractivity contribution in [2.75, 3.05) is 6.61 Å². The van der Waals surface area contributed by atoms with E-state index in [1.165, 1.54) is 6.07 Å². The van der Waals surface area contributed by atoms with Crippen LogP contribution < -0.4 is 5.73 Å². The Morgan fingerprint density at radius 2 is 1.93 bits per heavy atom. The molecular weight excluding hydrogens is 190 g/mol. The van der Waals surface area contributed by atoms with Crippen molar-refractivity contribution in [3.8, 4) is 6.07 Å². The van der Waals surface area contributed by atoms with Gasteiger partial charge in [0.25, 0.3) is 0 Å². The molecule has 1 atom stereocenters. The number of aliphatic hydroxyl groups excluding tert-OH is 1. The maximum absolute atomic E-state index is 13.0. The standard InChI is InChI=1S/C9H8F2N2O/c10-7-1-5(9(13)4-14)2-8(11)6(7)3-12/h1-2,9,14H,4,13H2/t9-/m0/s1. The monoisotopic (exact) mass is 198 g/mol. The van der Waals surface area contributed by atoms with Crippen molar-refractivity contribution >= 4 is 0 Å². The van der Waals surface area contributed by atoms with Gasteiger partial charge in [0.2, 0.25) is 0 Å². The van der Waals surface area contributed by atoms with E-state index in [2.05, 4.69) is 0 Å². The third-order valence-electron chi connectivity index (χ3n) is 1.80. The van der Waals surface area contributed by atoms with Crippen molar-refractivity contribution in [3.63, 3.8) is 0 Å². The second kappa shape index (κ2) is 4.13. The molecule has 1 aromatic carbocycles. The number of aliphatic hydroxyl groups is 1. The van der Waals surface area contributed by atoms with Crippen molar-refractivity contribution in [2.45, 2.75) is 6.04 Å². The molecule has 0 amide bonds. The van der Waals surface area contributed by atoms with Crippen LogP contribution in [0.5, 0.6) is 0 Å². The van der Waals surface area contributed by atoms with Gasteiger partial charge >= 0.3 is 0 Å². The fraction of sp³-hybridized carbons (Fsp3) is 0.222. The summed E-state index contributed by atoms with van der Waals surface area (Å²) in [7, 11) is 0. The number of hydrogen-bond donors (Lipinski definition) is 2. The summed E-state index contributed by atoms with van der Waals surface area (Å²) < 4.78 is 26.0. The van der Waals surface area contributed by atoms with Crippen LogP contribution in [0.1, 0.15) is 17.2 Å². The second-order valence-electron chi connectivity index (χ2n) is 2.76. The van der Waals surface area contributed by atoms with Crippen LogP contribution in [0.2, 0.25) is 0 Å². The molecule has 0 fully saturated rings. The number of rotatable bonds is 2. The van der Waals surface area contributed by atoms with Gasteiger partial charge in [-0.05, 0) is 17.7 Å². The summed E-state index contributed by atoms with van der Waals surface area (Å²) in [5, 5.41) is 17.0. The molecule has 0 spiro atoms. The summed E-state index contributed by atoms with van der Waals surface area (Å²) in [5.41, 5.74) is 4.84. The predicted octanol–water partition coefficient (Wildman–Crippen LogP) is 0.829. The van der Waals surface area contributed by atoms with Gasteiger partial charge in [-0.2, -0.15) is 5.26 Å². The summed E-state index contributed by atoms with van der Waals surface area (Å²) in [6.45, 7) is -0.412. The summed E-state index contributed by atoms with van der Waals surface area (Å²) in [6.07, 6.45) is 0. The molecule has 74 valence electrons. The zero-order chi connectivity index (χ0) is 10.7. The third-order valence-corrected chi connectivity index (χ3v) is 1.80. The Morgan fingerprint density at radius 1 is 1.43 bits per heavy atom. The molecule has 0 aliphatic rings. The van der Waals surface area contributed by atoms with Crippen LogP contribution in [-0.2, 0) is 0 Å². The molecule has 14 heavy (non-hydrogen) atoms. The average molecular weight is 198 g/mol. The van der Waals surface area contributed by atoms with Gasteiger partial charge in [0.05, 0.1) is 12.6 Å². The molecule has 0 aliphatic carbocycles. The van der Waals surface area contributed by atoms with Gasteiger partial charge in [-0.15, -0.1) is 0 Å². The topological polar surface area (TPSA) is 70.0 Å².